The van der Waals surface area contributed by atoms with Gasteiger partial charge in [0.25, 0.3) is 10.1 Å². The van der Waals surface area contributed by atoms with E-state index >= 15 is 0 Å². The molecule has 5 heteroatoms. The second-order valence-corrected chi connectivity index (χ2v) is 4.69. The van der Waals surface area contributed by atoms with Gasteiger partial charge in [0.15, 0.2) is 0 Å². The fourth-order valence-corrected chi connectivity index (χ4v) is 1.96. The molecule has 0 aliphatic rings. The Morgan fingerprint density at radius 1 is 1.46 bits per heavy atom. The fourth-order valence-electron chi connectivity index (χ4n) is 1.02. The van der Waals surface area contributed by atoms with Crippen LogP contribution >= 0.6 is 11.6 Å². The van der Waals surface area contributed by atoms with Gasteiger partial charge < -0.3 is 0 Å². The zero-order chi connectivity index (χ0) is 10.1. The molecule has 0 aliphatic heterocycles. The average molecular weight is 221 g/mol. The molecule has 0 saturated heterocycles. The molecule has 0 radical (unpaired) electrons. The van der Waals surface area contributed by atoms with Crippen molar-refractivity contribution < 1.29 is 13.0 Å². The highest BCUT2D eigenvalue weighted by molar-refractivity contribution is 7.85. The van der Waals surface area contributed by atoms with E-state index in [0.717, 1.165) is 5.56 Å². The van der Waals surface area contributed by atoms with Gasteiger partial charge in [0.2, 0.25) is 0 Å². The molecule has 0 fully saturated rings. The molecule has 0 unspecified atom stereocenters. The number of aryl methyl sites for hydroxylation is 1. The molecule has 1 aromatic rings. The van der Waals surface area contributed by atoms with Crippen LogP contribution < -0.4 is 0 Å². The third-order valence-electron chi connectivity index (χ3n) is 1.64. The zero-order valence-electron chi connectivity index (χ0n) is 6.99. The van der Waals surface area contributed by atoms with Crippen LogP contribution in [0.15, 0.2) is 18.2 Å². The molecule has 3 nitrogen and oxygen atoms in total. The van der Waals surface area contributed by atoms with Gasteiger partial charge in [-0.1, -0.05) is 17.7 Å². The van der Waals surface area contributed by atoms with Crippen LogP contribution in [-0.2, 0) is 15.9 Å². The first-order valence-corrected chi connectivity index (χ1v) is 5.57. The number of benzene rings is 1. The summed E-state index contributed by atoms with van der Waals surface area (Å²) < 4.78 is 29.7. The zero-order valence-corrected chi connectivity index (χ0v) is 8.56. The Bertz CT molecular complexity index is 411. The molecule has 0 atom stereocenters. The Labute approximate surface area is 82.1 Å². The van der Waals surface area contributed by atoms with Gasteiger partial charge in [-0.3, -0.25) is 4.55 Å². The van der Waals surface area contributed by atoms with Gasteiger partial charge in [-0.05, 0) is 30.2 Å². The van der Waals surface area contributed by atoms with Crippen molar-refractivity contribution in [2.24, 2.45) is 0 Å². The first-order chi connectivity index (χ1) is 5.88. The Kier molecular flexibility index (Phi) is 2.95. The summed E-state index contributed by atoms with van der Waals surface area (Å²) >= 11 is 5.68. The standard InChI is InChI=1S/C8H9ClO3S/c1-6-4-8(9)3-2-7(6)5-13(10,11)12/h2-4H,5H2,1H3,(H,10,11,12). The molecule has 0 heterocycles. The summed E-state index contributed by atoms with van der Waals surface area (Å²) in [7, 11) is -3.96. The van der Waals surface area contributed by atoms with Crippen molar-refractivity contribution >= 4 is 21.7 Å². The van der Waals surface area contributed by atoms with E-state index in [-0.39, 0.29) is 5.75 Å². The third kappa shape index (κ3) is 3.34. The summed E-state index contributed by atoms with van der Waals surface area (Å²) in [6, 6.07) is 4.84. The van der Waals surface area contributed by atoms with Gasteiger partial charge in [-0.25, -0.2) is 0 Å². The van der Waals surface area contributed by atoms with Crippen LogP contribution in [0.2, 0.25) is 5.02 Å². The molecule has 1 N–H and O–H groups in total. The molecule has 0 spiro atoms. The minimum Gasteiger partial charge on any atom is -0.285 e. The lowest BCUT2D eigenvalue weighted by Gasteiger charge is -2.03. The van der Waals surface area contributed by atoms with E-state index in [1.807, 2.05) is 0 Å². The van der Waals surface area contributed by atoms with Gasteiger partial charge in [-0.2, -0.15) is 8.42 Å². The first kappa shape index (κ1) is 10.5. The summed E-state index contributed by atoms with van der Waals surface area (Å²) in [6.45, 7) is 1.74. The van der Waals surface area contributed by atoms with Gasteiger partial charge >= 0.3 is 0 Å². The Balaban J connectivity index is 3.04. The topological polar surface area (TPSA) is 54.4 Å². The van der Waals surface area contributed by atoms with E-state index in [0.29, 0.717) is 10.6 Å². The van der Waals surface area contributed by atoms with E-state index in [9.17, 15) is 8.42 Å². The largest absolute Gasteiger partial charge is 0.285 e. The lowest BCUT2D eigenvalue weighted by molar-refractivity contribution is 0.482. The normalized spacial score (nSPS) is 11.6. The highest BCUT2D eigenvalue weighted by Crippen LogP contribution is 2.16. The van der Waals surface area contributed by atoms with Crippen LogP contribution in [0.4, 0.5) is 0 Å². The van der Waals surface area contributed by atoms with Gasteiger partial charge in [0.1, 0.15) is 5.75 Å². The second-order valence-electron chi connectivity index (χ2n) is 2.80. The van der Waals surface area contributed by atoms with Crippen LogP contribution in [0.25, 0.3) is 0 Å². The highest BCUT2D eigenvalue weighted by Gasteiger charge is 2.08. The van der Waals surface area contributed by atoms with Crippen molar-refractivity contribution in [2.75, 3.05) is 0 Å². The van der Waals surface area contributed by atoms with Crippen molar-refractivity contribution in [3.05, 3.63) is 34.3 Å². The Morgan fingerprint density at radius 3 is 2.54 bits per heavy atom. The van der Waals surface area contributed by atoms with Crippen molar-refractivity contribution in [1.29, 1.82) is 0 Å². The van der Waals surface area contributed by atoms with E-state index in [1.54, 1.807) is 25.1 Å². The van der Waals surface area contributed by atoms with Gasteiger partial charge in [-0.15, -0.1) is 0 Å². The molecule has 13 heavy (non-hydrogen) atoms. The van der Waals surface area contributed by atoms with Gasteiger partial charge in [0.05, 0.1) is 0 Å². The smallest absolute Gasteiger partial charge is 0.269 e. The summed E-state index contributed by atoms with van der Waals surface area (Å²) in [5.41, 5.74) is 1.32. The predicted octanol–water partition coefficient (Wildman–Crippen LogP) is 2.04. The summed E-state index contributed by atoms with van der Waals surface area (Å²) in [6.07, 6.45) is 0. The van der Waals surface area contributed by atoms with Crippen molar-refractivity contribution in [3.8, 4) is 0 Å². The Morgan fingerprint density at radius 2 is 2.08 bits per heavy atom. The van der Waals surface area contributed by atoms with Crippen molar-refractivity contribution in [3.63, 3.8) is 0 Å². The van der Waals surface area contributed by atoms with Gasteiger partial charge in [0, 0.05) is 5.02 Å². The minimum atomic E-state index is -3.96. The van der Waals surface area contributed by atoms with E-state index < -0.39 is 10.1 Å². The Hall–Kier alpha value is -0.580. The molecule has 1 rings (SSSR count). The molecule has 72 valence electrons. The van der Waals surface area contributed by atoms with E-state index in [1.165, 1.54) is 0 Å². The number of hydrogen-bond acceptors (Lipinski definition) is 2. The van der Waals surface area contributed by atoms with Crippen molar-refractivity contribution in [2.45, 2.75) is 12.7 Å². The van der Waals surface area contributed by atoms with E-state index in [4.69, 9.17) is 16.2 Å². The third-order valence-corrected chi connectivity index (χ3v) is 2.55. The molecule has 0 aliphatic carbocycles. The SMILES string of the molecule is Cc1cc(Cl)ccc1CS(=O)(=O)O. The van der Waals surface area contributed by atoms with Crippen LogP contribution in [0.3, 0.4) is 0 Å². The molecule has 1 aromatic carbocycles. The molecular formula is C8H9ClO3S. The lowest BCUT2D eigenvalue weighted by atomic mass is 10.1. The summed E-state index contributed by atoms with van der Waals surface area (Å²) in [5, 5.41) is 0.552. The maximum absolute atomic E-state index is 10.6. The molecule has 0 aromatic heterocycles. The van der Waals surface area contributed by atoms with E-state index in [2.05, 4.69) is 0 Å². The van der Waals surface area contributed by atoms with Crippen LogP contribution in [0.5, 0.6) is 0 Å². The second kappa shape index (κ2) is 3.65. The summed E-state index contributed by atoms with van der Waals surface area (Å²) in [5.74, 6) is -0.365. The molecular weight excluding hydrogens is 212 g/mol. The number of hydrogen-bond donors (Lipinski definition) is 1. The summed E-state index contributed by atoms with van der Waals surface area (Å²) in [4.78, 5) is 0. The lowest BCUT2D eigenvalue weighted by Crippen LogP contribution is -2.02. The van der Waals surface area contributed by atoms with Crippen LogP contribution in [-0.4, -0.2) is 13.0 Å². The number of rotatable bonds is 2. The minimum absolute atomic E-state index is 0.365. The number of halogens is 1. The van der Waals surface area contributed by atoms with Crippen LogP contribution in [0.1, 0.15) is 11.1 Å². The van der Waals surface area contributed by atoms with Crippen LogP contribution in [0, 0.1) is 6.92 Å². The van der Waals surface area contributed by atoms with Crippen molar-refractivity contribution in [1.82, 2.24) is 0 Å². The quantitative estimate of drug-likeness (QED) is 0.776. The monoisotopic (exact) mass is 220 g/mol. The maximum atomic E-state index is 10.6. The average Bonchev–Trinajstić information content (AvgIpc) is 1.93. The molecule has 0 saturated carbocycles. The fraction of sp³-hybridized carbons (Fsp3) is 0.250. The molecule has 0 amide bonds. The maximum Gasteiger partial charge on any atom is 0.269 e. The highest BCUT2D eigenvalue weighted by atomic mass is 35.5. The first-order valence-electron chi connectivity index (χ1n) is 3.59. The predicted molar refractivity (Wildman–Crippen MR) is 51.4 cm³/mol. The molecule has 0 bridgehead atoms.